The number of halogens is 2. The number of benzene rings is 1. The van der Waals surface area contributed by atoms with Gasteiger partial charge in [0.1, 0.15) is 6.61 Å². The summed E-state index contributed by atoms with van der Waals surface area (Å²) in [6, 6.07) is 1.97. The molecule has 3 nitrogen and oxygen atoms in total. The first-order valence-corrected chi connectivity index (χ1v) is 4.68. The molecule has 1 N–H and O–H groups in total. The van der Waals surface area contributed by atoms with Crippen molar-refractivity contribution >= 4 is 12.0 Å². The summed E-state index contributed by atoms with van der Waals surface area (Å²) in [7, 11) is 0. The summed E-state index contributed by atoms with van der Waals surface area (Å²) in [5, 5.41) is 8.37. The summed E-state index contributed by atoms with van der Waals surface area (Å²) in [6.45, 7) is 3.34. The second-order valence-corrected chi connectivity index (χ2v) is 3.08. The molecule has 90 valence electrons. The SMILES string of the molecule is C=CCOc1c(F)cc(/C=C/C(=O)O)cc1F. The van der Waals surface area contributed by atoms with Crippen LogP contribution in [-0.2, 0) is 4.79 Å². The van der Waals surface area contributed by atoms with Crippen molar-refractivity contribution in [2.75, 3.05) is 6.61 Å². The maximum absolute atomic E-state index is 13.4. The summed E-state index contributed by atoms with van der Waals surface area (Å²) in [5.74, 6) is -3.48. The second-order valence-electron chi connectivity index (χ2n) is 3.08. The van der Waals surface area contributed by atoms with E-state index >= 15 is 0 Å². The van der Waals surface area contributed by atoms with E-state index in [4.69, 9.17) is 9.84 Å². The van der Waals surface area contributed by atoms with Crippen LogP contribution < -0.4 is 4.74 Å². The van der Waals surface area contributed by atoms with Crippen LogP contribution >= 0.6 is 0 Å². The summed E-state index contributed by atoms with van der Waals surface area (Å²) in [5.41, 5.74) is 0.105. The highest BCUT2D eigenvalue weighted by molar-refractivity contribution is 5.85. The summed E-state index contributed by atoms with van der Waals surface area (Å²) >= 11 is 0. The average molecular weight is 240 g/mol. The second kappa shape index (κ2) is 5.79. The first-order valence-electron chi connectivity index (χ1n) is 4.68. The molecule has 0 bridgehead atoms. The van der Waals surface area contributed by atoms with Crippen molar-refractivity contribution in [1.82, 2.24) is 0 Å². The van der Waals surface area contributed by atoms with Crippen LogP contribution in [0.5, 0.6) is 5.75 Å². The fourth-order valence-electron chi connectivity index (χ4n) is 1.12. The van der Waals surface area contributed by atoms with Gasteiger partial charge in [-0.3, -0.25) is 0 Å². The van der Waals surface area contributed by atoms with Crippen LogP contribution in [0.2, 0.25) is 0 Å². The van der Waals surface area contributed by atoms with Gasteiger partial charge >= 0.3 is 5.97 Å². The first-order chi connectivity index (χ1) is 8.04. The van der Waals surface area contributed by atoms with Crippen molar-refractivity contribution in [2.24, 2.45) is 0 Å². The molecule has 0 atom stereocenters. The fraction of sp³-hybridized carbons (Fsp3) is 0.0833. The van der Waals surface area contributed by atoms with E-state index in [2.05, 4.69) is 6.58 Å². The lowest BCUT2D eigenvalue weighted by molar-refractivity contribution is -0.131. The Morgan fingerprint density at radius 3 is 2.47 bits per heavy atom. The minimum atomic E-state index is -1.20. The Bertz CT molecular complexity index is 444. The van der Waals surface area contributed by atoms with E-state index in [1.807, 2.05) is 0 Å². The van der Waals surface area contributed by atoms with Gasteiger partial charge in [0.2, 0.25) is 0 Å². The largest absolute Gasteiger partial charge is 0.483 e. The Morgan fingerprint density at radius 2 is 2.00 bits per heavy atom. The van der Waals surface area contributed by atoms with E-state index in [0.717, 1.165) is 24.3 Å². The number of carboxylic acids is 1. The molecule has 0 spiro atoms. The van der Waals surface area contributed by atoms with E-state index in [9.17, 15) is 13.6 Å². The van der Waals surface area contributed by atoms with Gasteiger partial charge in [-0.2, -0.15) is 0 Å². The molecule has 0 aliphatic heterocycles. The van der Waals surface area contributed by atoms with Crippen molar-refractivity contribution in [2.45, 2.75) is 0 Å². The van der Waals surface area contributed by atoms with Crippen LogP contribution in [0.3, 0.4) is 0 Å². The molecule has 1 rings (SSSR count). The van der Waals surface area contributed by atoms with Gasteiger partial charge in [0.05, 0.1) is 0 Å². The predicted octanol–water partition coefficient (Wildman–Crippen LogP) is 2.63. The van der Waals surface area contributed by atoms with Crippen molar-refractivity contribution in [1.29, 1.82) is 0 Å². The van der Waals surface area contributed by atoms with Gasteiger partial charge in [0, 0.05) is 6.08 Å². The third-order valence-corrected chi connectivity index (χ3v) is 1.78. The Kier molecular flexibility index (Phi) is 4.39. The zero-order valence-corrected chi connectivity index (χ0v) is 8.82. The topological polar surface area (TPSA) is 46.5 Å². The molecule has 17 heavy (non-hydrogen) atoms. The molecule has 0 saturated carbocycles. The zero-order chi connectivity index (χ0) is 12.8. The molecule has 0 radical (unpaired) electrons. The molecule has 0 aliphatic carbocycles. The Balaban J connectivity index is 3.00. The highest BCUT2D eigenvalue weighted by Gasteiger charge is 2.11. The molecule has 0 saturated heterocycles. The van der Waals surface area contributed by atoms with Crippen LogP contribution in [-0.4, -0.2) is 17.7 Å². The molecule has 0 unspecified atom stereocenters. The normalized spacial score (nSPS) is 10.5. The number of hydrogen-bond donors (Lipinski definition) is 1. The fourth-order valence-corrected chi connectivity index (χ4v) is 1.12. The van der Waals surface area contributed by atoms with Gasteiger partial charge in [0.25, 0.3) is 0 Å². The Morgan fingerprint density at radius 1 is 1.41 bits per heavy atom. The van der Waals surface area contributed by atoms with Crippen LogP contribution in [0.25, 0.3) is 6.08 Å². The van der Waals surface area contributed by atoms with Crippen molar-refractivity contribution < 1.29 is 23.4 Å². The van der Waals surface area contributed by atoms with Gasteiger partial charge in [-0.15, -0.1) is 0 Å². The molecular formula is C12H10F2O3. The van der Waals surface area contributed by atoms with Crippen molar-refractivity contribution in [3.8, 4) is 5.75 Å². The quantitative estimate of drug-likeness (QED) is 0.635. The molecule has 0 amide bonds. The number of carboxylic acid groups (broad SMARTS) is 1. The number of aliphatic carboxylic acids is 1. The van der Waals surface area contributed by atoms with Crippen LogP contribution in [0, 0.1) is 11.6 Å². The predicted molar refractivity (Wildman–Crippen MR) is 58.7 cm³/mol. The number of carbonyl (C=O) groups is 1. The van der Waals surface area contributed by atoms with E-state index in [0.29, 0.717) is 0 Å². The number of rotatable bonds is 5. The minimum absolute atomic E-state index is 0.0157. The average Bonchev–Trinajstić information content (AvgIpc) is 2.25. The first kappa shape index (κ1) is 12.9. The lowest BCUT2D eigenvalue weighted by Crippen LogP contribution is -1.99. The third kappa shape index (κ3) is 3.71. The van der Waals surface area contributed by atoms with E-state index < -0.39 is 23.4 Å². The summed E-state index contributed by atoms with van der Waals surface area (Å²) in [6.07, 6.45) is 3.24. The highest BCUT2D eigenvalue weighted by Crippen LogP contribution is 2.23. The molecule has 1 aromatic carbocycles. The zero-order valence-electron chi connectivity index (χ0n) is 8.82. The maximum Gasteiger partial charge on any atom is 0.328 e. The highest BCUT2D eigenvalue weighted by atomic mass is 19.1. The van der Waals surface area contributed by atoms with Crippen molar-refractivity contribution in [3.63, 3.8) is 0 Å². The molecule has 0 aromatic heterocycles. The van der Waals surface area contributed by atoms with Gasteiger partial charge in [0.15, 0.2) is 17.4 Å². The van der Waals surface area contributed by atoms with E-state index in [1.165, 1.54) is 6.08 Å². The number of ether oxygens (including phenoxy) is 1. The summed E-state index contributed by atoms with van der Waals surface area (Å²) in [4.78, 5) is 10.2. The lowest BCUT2D eigenvalue weighted by Gasteiger charge is -2.06. The van der Waals surface area contributed by atoms with E-state index in [-0.39, 0.29) is 12.2 Å². The van der Waals surface area contributed by atoms with Gasteiger partial charge in [-0.1, -0.05) is 12.7 Å². The van der Waals surface area contributed by atoms with Gasteiger partial charge in [-0.25, -0.2) is 13.6 Å². The van der Waals surface area contributed by atoms with Crippen molar-refractivity contribution in [3.05, 3.63) is 48.1 Å². The standard InChI is InChI=1S/C12H10F2O3/c1-2-5-17-12-9(13)6-8(7-10(12)14)3-4-11(15)16/h2-4,6-7H,1,5H2,(H,15,16)/b4-3+. The summed E-state index contributed by atoms with van der Waals surface area (Å²) < 4.78 is 31.5. The molecule has 0 aliphatic rings. The number of hydrogen-bond acceptors (Lipinski definition) is 2. The molecule has 0 fully saturated rings. The molecule has 5 heteroatoms. The molecule has 1 aromatic rings. The van der Waals surface area contributed by atoms with Crippen LogP contribution in [0.15, 0.2) is 30.9 Å². The molecule has 0 heterocycles. The van der Waals surface area contributed by atoms with E-state index in [1.54, 1.807) is 0 Å². The third-order valence-electron chi connectivity index (χ3n) is 1.78. The van der Waals surface area contributed by atoms with Gasteiger partial charge in [-0.05, 0) is 23.8 Å². The lowest BCUT2D eigenvalue weighted by atomic mass is 10.2. The van der Waals surface area contributed by atoms with Gasteiger partial charge < -0.3 is 9.84 Å². The Labute approximate surface area is 96.6 Å². The maximum atomic E-state index is 13.4. The Hall–Kier alpha value is -2.17. The van der Waals surface area contributed by atoms with Crippen LogP contribution in [0.1, 0.15) is 5.56 Å². The smallest absolute Gasteiger partial charge is 0.328 e. The monoisotopic (exact) mass is 240 g/mol. The minimum Gasteiger partial charge on any atom is -0.483 e. The molecular weight excluding hydrogens is 230 g/mol. The van der Waals surface area contributed by atoms with Crippen LogP contribution in [0.4, 0.5) is 8.78 Å².